The molecule has 0 aliphatic carbocycles. The fourth-order valence-corrected chi connectivity index (χ4v) is 3.32. The maximum atomic E-state index is 13.1. The van der Waals surface area contributed by atoms with Crippen molar-refractivity contribution < 1.29 is 10.1 Å². The Hall–Kier alpha value is -2.31. The lowest BCUT2D eigenvalue weighted by molar-refractivity contribution is -0.655. The maximum Gasteiger partial charge on any atom is 0.316 e. The van der Waals surface area contributed by atoms with Gasteiger partial charge in [0.25, 0.3) is 0 Å². The third-order valence-corrected chi connectivity index (χ3v) is 4.80. The summed E-state index contributed by atoms with van der Waals surface area (Å²) >= 11 is 6.08. The van der Waals surface area contributed by atoms with Crippen LogP contribution in [0.5, 0.6) is 5.75 Å². The van der Waals surface area contributed by atoms with Gasteiger partial charge in [0.05, 0.1) is 44.7 Å². The summed E-state index contributed by atoms with van der Waals surface area (Å²) in [5.74, 6) is 0.366. The van der Waals surface area contributed by atoms with Crippen LogP contribution in [-0.4, -0.2) is 42.6 Å². The van der Waals surface area contributed by atoms with Crippen molar-refractivity contribution in [2.75, 3.05) is 37.7 Å². The number of ether oxygens (including phenoxy) is 1. The highest BCUT2D eigenvalue weighted by Gasteiger charge is 2.21. The highest BCUT2D eigenvalue weighted by Crippen LogP contribution is 2.25. The zero-order valence-corrected chi connectivity index (χ0v) is 16.2. The first-order valence-corrected chi connectivity index (χ1v) is 9.77. The monoisotopic (exact) mass is 389 g/mol. The molecule has 144 valence electrons. The first-order valence-electron chi connectivity index (χ1n) is 9.39. The predicted molar refractivity (Wildman–Crippen MR) is 108 cm³/mol. The number of rotatable bonds is 8. The maximum absolute atomic E-state index is 13.1. The van der Waals surface area contributed by atoms with Crippen LogP contribution in [-0.2, 0) is 0 Å². The molecular formula is C20H26ClN4O2+. The van der Waals surface area contributed by atoms with E-state index in [0.717, 1.165) is 51.1 Å². The Bertz CT molecular complexity index is 831. The Morgan fingerprint density at radius 2 is 2.11 bits per heavy atom. The number of hydrogen-bond acceptors (Lipinski definition) is 4. The number of halogens is 1. The fraction of sp³-hybridized carbons (Fsp3) is 0.400. The van der Waals surface area contributed by atoms with Crippen LogP contribution in [0.15, 0.2) is 47.9 Å². The molecule has 1 aliphatic heterocycles. The van der Waals surface area contributed by atoms with Crippen molar-refractivity contribution >= 4 is 17.3 Å². The number of anilines is 1. The van der Waals surface area contributed by atoms with Gasteiger partial charge in [0.2, 0.25) is 5.75 Å². The second-order valence-corrected chi connectivity index (χ2v) is 6.98. The first-order chi connectivity index (χ1) is 13.2. The Morgan fingerprint density at radius 1 is 1.30 bits per heavy atom. The Kier molecular flexibility index (Phi) is 6.90. The molecule has 0 saturated carbocycles. The van der Waals surface area contributed by atoms with E-state index in [1.165, 1.54) is 4.68 Å². The number of allylic oxidation sites excluding steroid dienone is 1. The van der Waals surface area contributed by atoms with Gasteiger partial charge >= 0.3 is 5.56 Å². The number of hydrogen-bond donors (Lipinski definition) is 1. The van der Waals surface area contributed by atoms with Crippen LogP contribution >= 0.6 is 11.6 Å². The lowest BCUT2D eigenvalue weighted by Gasteiger charge is -2.28. The zero-order valence-electron chi connectivity index (χ0n) is 15.4. The number of piperazine rings is 1. The summed E-state index contributed by atoms with van der Waals surface area (Å²) in [6.07, 6.45) is 6.44. The molecule has 1 aromatic heterocycles. The van der Waals surface area contributed by atoms with E-state index in [9.17, 15) is 4.79 Å². The number of benzene rings is 1. The van der Waals surface area contributed by atoms with Crippen LogP contribution in [0, 0.1) is 0 Å². The van der Waals surface area contributed by atoms with Crippen LogP contribution in [0.1, 0.15) is 19.3 Å². The molecule has 3 rings (SSSR count). The number of nitrogens with two attached hydrogens (primary N) is 1. The molecule has 1 aliphatic rings. The molecule has 27 heavy (non-hydrogen) atoms. The van der Waals surface area contributed by atoms with Gasteiger partial charge in [-0.2, -0.15) is 9.78 Å². The highest BCUT2D eigenvalue weighted by atomic mass is 35.5. The van der Waals surface area contributed by atoms with Gasteiger partial charge in [-0.3, -0.25) is 4.79 Å². The molecule has 0 atom stereocenters. The summed E-state index contributed by atoms with van der Waals surface area (Å²) in [6.45, 7) is 7.96. The summed E-state index contributed by atoms with van der Waals surface area (Å²) < 4.78 is 7.32. The Morgan fingerprint density at radius 3 is 2.85 bits per heavy atom. The lowest BCUT2D eigenvalue weighted by Crippen LogP contribution is -2.89. The normalized spacial score (nSPS) is 14.2. The van der Waals surface area contributed by atoms with Gasteiger partial charge in [0, 0.05) is 5.02 Å². The topological polar surface area (TPSA) is 64.0 Å². The largest absolute Gasteiger partial charge is 0.486 e. The van der Waals surface area contributed by atoms with E-state index in [2.05, 4.69) is 21.9 Å². The molecule has 0 spiro atoms. The molecule has 2 heterocycles. The minimum Gasteiger partial charge on any atom is -0.486 e. The third kappa shape index (κ3) is 4.90. The molecule has 1 fully saturated rings. The number of quaternary nitrogens is 1. The molecule has 2 aromatic rings. The van der Waals surface area contributed by atoms with Crippen molar-refractivity contribution in [3.8, 4) is 11.4 Å². The van der Waals surface area contributed by atoms with E-state index in [1.807, 2.05) is 12.1 Å². The van der Waals surface area contributed by atoms with E-state index in [-0.39, 0.29) is 5.56 Å². The van der Waals surface area contributed by atoms with Gasteiger partial charge in [-0.1, -0.05) is 23.7 Å². The van der Waals surface area contributed by atoms with E-state index >= 15 is 0 Å². The van der Waals surface area contributed by atoms with E-state index in [1.54, 1.807) is 24.4 Å². The second kappa shape index (κ2) is 9.58. The summed E-state index contributed by atoms with van der Waals surface area (Å²) in [6, 6.07) is 7.10. The van der Waals surface area contributed by atoms with Crippen molar-refractivity contribution in [3.05, 3.63) is 58.5 Å². The third-order valence-electron chi connectivity index (χ3n) is 4.56. The molecule has 7 heteroatoms. The van der Waals surface area contributed by atoms with Crippen molar-refractivity contribution in [1.82, 2.24) is 9.78 Å². The summed E-state index contributed by atoms with van der Waals surface area (Å²) in [5.41, 5.74) is 1.14. The van der Waals surface area contributed by atoms with E-state index < -0.39 is 0 Å². The number of aromatic nitrogens is 2. The molecule has 2 N–H and O–H groups in total. The van der Waals surface area contributed by atoms with Gasteiger partial charge < -0.3 is 15.0 Å². The van der Waals surface area contributed by atoms with Crippen LogP contribution in [0.25, 0.3) is 5.69 Å². The van der Waals surface area contributed by atoms with Crippen LogP contribution < -0.4 is 20.5 Å². The predicted octanol–water partition coefficient (Wildman–Crippen LogP) is 2.00. The summed E-state index contributed by atoms with van der Waals surface area (Å²) in [4.78, 5) is 15.3. The summed E-state index contributed by atoms with van der Waals surface area (Å²) in [7, 11) is 0. The van der Waals surface area contributed by atoms with Gasteiger partial charge in [-0.15, -0.1) is 6.58 Å². The quantitative estimate of drug-likeness (QED) is 0.554. The summed E-state index contributed by atoms with van der Waals surface area (Å²) in [5, 5.41) is 7.21. The molecule has 0 amide bonds. The number of nitrogens with zero attached hydrogens (tertiary/aromatic N) is 3. The second-order valence-electron chi connectivity index (χ2n) is 6.54. The van der Waals surface area contributed by atoms with Crippen molar-refractivity contribution in [1.29, 1.82) is 0 Å². The van der Waals surface area contributed by atoms with Crippen molar-refractivity contribution in [2.45, 2.75) is 19.3 Å². The van der Waals surface area contributed by atoms with Crippen LogP contribution in [0.3, 0.4) is 0 Å². The average Bonchev–Trinajstić information content (AvgIpc) is 2.69. The smallest absolute Gasteiger partial charge is 0.316 e. The number of unbranched alkanes of at least 4 members (excludes halogenated alkanes) is 2. The first kappa shape index (κ1) is 19.5. The van der Waals surface area contributed by atoms with Crippen LogP contribution in [0.2, 0.25) is 5.02 Å². The highest BCUT2D eigenvalue weighted by molar-refractivity contribution is 6.30. The molecule has 1 aromatic carbocycles. The Balaban J connectivity index is 1.92. The van der Waals surface area contributed by atoms with Crippen LogP contribution in [0.4, 0.5) is 5.69 Å². The molecule has 0 radical (unpaired) electrons. The van der Waals surface area contributed by atoms with Crippen molar-refractivity contribution in [3.63, 3.8) is 0 Å². The van der Waals surface area contributed by atoms with Crippen molar-refractivity contribution in [2.24, 2.45) is 0 Å². The fourth-order valence-electron chi connectivity index (χ4n) is 3.14. The van der Waals surface area contributed by atoms with Gasteiger partial charge in [-0.25, -0.2) is 0 Å². The minimum atomic E-state index is -0.256. The van der Waals surface area contributed by atoms with E-state index in [4.69, 9.17) is 16.3 Å². The van der Waals surface area contributed by atoms with Gasteiger partial charge in [0.15, 0.2) is 0 Å². The molecule has 6 nitrogen and oxygen atoms in total. The Labute approximate surface area is 164 Å². The molecule has 0 unspecified atom stereocenters. The zero-order chi connectivity index (χ0) is 19.1. The lowest BCUT2D eigenvalue weighted by atomic mass is 10.2. The molecular weight excluding hydrogens is 364 g/mol. The minimum absolute atomic E-state index is 0.256. The molecule has 0 bridgehead atoms. The van der Waals surface area contributed by atoms with Gasteiger partial charge in [-0.05, 0) is 37.5 Å². The van der Waals surface area contributed by atoms with Gasteiger partial charge in [0.1, 0.15) is 5.69 Å². The molecule has 1 saturated heterocycles. The average molecular weight is 390 g/mol. The van der Waals surface area contributed by atoms with E-state index in [0.29, 0.717) is 23.1 Å². The standard InChI is InChI=1S/C20H25ClN4O2/c1-2-3-4-5-13-27-19-18(24-11-9-22-10-12-24)15-23-25(20(19)26)17-8-6-7-16(21)14-17/h2,6-8,14-15,22H,1,3-5,9-13H2/p+1. The SMILES string of the molecule is C=CCCCCOc1c(N2CC[NH2+]CC2)cnn(-c2cccc(Cl)c2)c1=O.